The summed E-state index contributed by atoms with van der Waals surface area (Å²) >= 11 is 0. The molecule has 0 saturated carbocycles. The molecule has 7 unspecified atom stereocenters. The molecular weight excluding hydrogens is 279 g/mol. The summed E-state index contributed by atoms with van der Waals surface area (Å²) in [5, 5.41) is 0. The zero-order valence-electron chi connectivity index (χ0n) is 5.68. The standard InChI is InChI=1S/H11P9/c1-7(2)6-9(5)8(3)4/h6H,1-5H2/i6T. The second-order valence-corrected chi connectivity index (χ2v) is 31.6. The molecule has 0 amide bonds. The van der Waals surface area contributed by atoms with Gasteiger partial charge in [-0.25, -0.2) is 0 Å². The van der Waals surface area contributed by atoms with Crippen molar-refractivity contribution in [2.75, 3.05) is 0 Å². The van der Waals surface area contributed by atoms with E-state index in [1.807, 2.05) is 0 Å². The van der Waals surface area contributed by atoms with Crippen molar-refractivity contribution in [3.63, 3.8) is 0 Å². The molecule has 9 heavy (non-hydrogen) atoms. The average molecular weight is 292 g/mol. The number of hydrogen-bond donors (Lipinski definition) is 0. The lowest BCUT2D eigenvalue weighted by Gasteiger charge is -2.17. The van der Waals surface area contributed by atoms with Crippen LogP contribution >= 0.6 is 73.5 Å². The van der Waals surface area contributed by atoms with Crippen LogP contribution in [0.4, 0.5) is 0 Å². The molecule has 0 rings (SSSR count). The van der Waals surface area contributed by atoms with Crippen LogP contribution < -0.4 is 0 Å². The molecular formula is H11P9. The molecule has 0 aliphatic heterocycles. The van der Waals surface area contributed by atoms with Crippen LogP contribution in [0.1, 0.15) is 0 Å². The summed E-state index contributed by atoms with van der Waals surface area (Å²) in [6, 6.07) is 0. The molecule has 0 saturated heterocycles. The maximum atomic E-state index is 7.81. The lowest BCUT2D eigenvalue weighted by atomic mass is 28.9. The molecule has 9 heteroatoms. The fourth-order valence-electron chi connectivity index (χ4n) is 0.152. The monoisotopic (exact) mass is 292 g/mol. The van der Waals surface area contributed by atoms with Crippen molar-refractivity contribution < 1.29 is 0 Å². The molecule has 0 aliphatic carbocycles. The Kier molecular flexibility index (Phi) is 8.87. The van der Waals surface area contributed by atoms with Crippen LogP contribution in [-0.4, -0.2) is 1.28 Å². The van der Waals surface area contributed by atoms with Gasteiger partial charge in [-0.3, -0.25) is 0 Å². The van der Waals surface area contributed by atoms with Crippen molar-refractivity contribution in [1.29, 1.82) is 1.28 Å². The van der Waals surface area contributed by atoms with Crippen molar-refractivity contribution in [3.05, 3.63) is 0 Å². The first-order valence-corrected chi connectivity index (χ1v) is 17.0. The first-order valence-electron chi connectivity index (χ1n) is 2.34. The van der Waals surface area contributed by atoms with Gasteiger partial charge in [-0.05, 0) is 21.0 Å². The van der Waals surface area contributed by atoms with Crippen LogP contribution in [0.2, 0.25) is 0 Å². The minimum Gasteiger partial charge on any atom is -0.103 e. The van der Waals surface area contributed by atoms with E-state index in [2.05, 4.69) is 44.6 Å². The van der Waals surface area contributed by atoms with Crippen molar-refractivity contribution in [3.8, 4) is 0 Å². The highest BCUT2D eigenvalue weighted by atomic mass is 33.1. The van der Waals surface area contributed by atoms with E-state index in [1.165, 1.54) is 0 Å². The fourth-order valence-corrected chi connectivity index (χ4v) is 36.9. The van der Waals surface area contributed by atoms with Crippen molar-refractivity contribution in [1.82, 2.24) is 0 Å². The smallest absolute Gasteiger partial charge is 0.0688 e. The van der Waals surface area contributed by atoms with Crippen molar-refractivity contribution in [2.24, 2.45) is 0 Å². The highest BCUT2D eigenvalue weighted by Gasteiger charge is 2.07. The van der Waals surface area contributed by atoms with Gasteiger partial charge < -0.3 is 0 Å². The minimum atomic E-state index is -0.485. The van der Waals surface area contributed by atoms with Crippen LogP contribution in [0.25, 0.3) is 0 Å². The van der Waals surface area contributed by atoms with E-state index in [1.54, 1.807) is 0 Å². The van der Waals surface area contributed by atoms with E-state index < -0.39 is 7.90 Å². The van der Waals surface area contributed by atoms with Gasteiger partial charge in [-0.1, -0.05) is 7.90 Å². The predicted octanol–water partition coefficient (Wildman–Crippen LogP) is 4.81. The van der Waals surface area contributed by atoms with Crippen LogP contribution in [0, 0.1) is 0 Å². The molecule has 0 radical (unpaired) electrons. The molecule has 0 N–H and O–H groups in total. The Bertz CT molecular complexity index is 74.7. The summed E-state index contributed by atoms with van der Waals surface area (Å²) in [4.78, 5) is 0. The molecule has 0 heterocycles. The lowest BCUT2D eigenvalue weighted by Crippen LogP contribution is -1.25. The molecule has 56 valence electrons. The third-order valence-electron chi connectivity index (χ3n) is 0.432. The van der Waals surface area contributed by atoms with Crippen molar-refractivity contribution >= 4 is 73.5 Å². The zero-order chi connectivity index (χ0) is 8.31. The van der Waals surface area contributed by atoms with E-state index in [-0.39, 0.29) is 21.0 Å². The lowest BCUT2D eigenvalue weighted by molar-refractivity contribution is 4.80. The molecule has 0 aromatic heterocycles. The topological polar surface area (TPSA) is 0 Å². The van der Waals surface area contributed by atoms with Gasteiger partial charge in [0, 0.05) is 0 Å². The van der Waals surface area contributed by atoms with Gasteiger partial charge >= 0.3 is 0 Å². The van der Waals surface area contributed by atoms with Crippen molar-refractivity contribution in [2.45, 2.75) is 0 Å². The first-order chi connectivity index (χ1) is 4.46. The Morgan fingerprint density at radius 2 is 1.56 bits per heavy atom. The quantitative estimate of drug-likeness (QED) is 0.655. The van der Waals surface area contributed by atoms with Gasteiger partial charge in [0.2, 0.25) is 0 Å². The molecule has 0 aliphatic rings. The summed E-state index contributed by atoms with van der Waals surface area (Å²) in [7, 11) is 13.5. The highest BCUT2D eigenvalue weighted by Crippen LogP contribution is 2.98. The van der Waals surface area contributed by atoms with Gasteiger partial charge in [0.25, 0.3) is 0 Å². The van der Waals surface area contributed by atoms with E-state index >= 15 is 0 Å². The third-order valence-corrected chi connectivity index (χ3v) is 35.0. The predicted molar refractivity (Wildman–Crippen MR) is 77.6 cm³/mol. The van der Waals surface area contributed by atoms with Gasteiger partial charge in [0.1, 0.15) is 0 Å². The largest absolute Gasteiger partial charge is 0.103 e. The zero-order valence-corrected chi connectivity index (χ0v) is 14.0. The molecule has 7 atom stereocenters. The van der Waals surface area contributed by atoms with E-state index in [4.69, 9.17) is 1.28 Å². The van der Waals surface area contributed by atoms with Crippen LogP contribution in [0.5, 0.6) is 0 Å². The van der Waals surface area contributed by atoms with Crippen LogP contribution in [0.3, 0.4) is 0 Å². The second kappa shape index (κ2) is 7.29. The summed E-state index contributed by atoms with van der Waals surface area (Å²) < 4.78 is 7.81. The van der Waals surface area contributed by atoms with E-state index in [0.29, 0.717) is 0 Å². The van der Waals surface area contributed by atoms with Gasteiger partial charge in [0.15, 0.2) is 0 Å². The van der Waals surface area contributed by atoms with Gasteiger partial charge in [0.05, 0.1) is 1.28 Å². The summed E-state index contributed by atoms with van der Waals surface area (Å²) in [6.45, 7) is -0.327. The summed E-state index contributed by atoms with van der Waals surface area (Å²) in [5.41, 5.74) is 0. The molecule has 0 fully saturated rings. The maximum absolute atomic E-state index is 7.81. The maximum Gasteiger partial charge on any atom is 0.0688 e. The van der Waals surface area contributed by atoms with Crippen LogP contribution in [0.15, 0.2) is 0 Å². The Morgan fingerprint density at radius 3 is 1.67 bits per heavy atom. The first kappa shape index (κ1) is 10.9. The second-order valence-electron chi connectivity index (χ2n) is 1.17. The molecule has 0 nitrogen and oxygen atoms in total. The molecule has 0 bridgehead atoms. The molecule has 0 aromatic carbocycles. The van der Waals surface area contributed by atoms with E-state index in [9.17, 15) is 0 Å². The fraction of sp³-hybridized carbons (Fsp3) is 0. The average Bonchev–Trinajstić information content (AvgIpc) is 1.84. The van der Waals surface area contributed by atoms with E-state index in [0.717, 1.165) is 0 Å². The minimum absolute atomic E-state index is 0.0416. The Hall–Kier alpha value is 3.87. The Morgan fingerprint density at radius 1 is 1.11 bits per heavy atom. The van der Waals surface area contributed by atoms with Crippen LogP contribution in [-0.2, 0) is 0 Å². The Balaban J connectivity index is 3.81. The SMILES string of the molecule is [3H]P(P(P)P)P(P)P(P)P. The number of hydrogen-bond acceptors (Lipinski definition) is 0. The highest BCUT2D eigenvalue weighted by molar-refractivity contribution is 9.04. The molecule has 0 aromatic rings. The number of rotatable bonds is 3. The summed E-state index contributed by atoms with van der Waals surface area (Å²) in [5.74, 6) is 0. The molecule has 0 spiro atoms. The van der Waals surface area contributed by atoms with Gasteiger partial charge in [-0.2, -0.15) is 0 Å². The Labute approximate surface area is 74.9 Å². The summed E-state index contributed by atoms with van der Waals surface area (Å²) in [6.07, 6.45) is 0. The van der Waals surface area contributed by atoms with Gasteiger partial charge in [-0.15, -0.1) is 44.6 Å². The third kappa shape index (κ3) is 8.21. The normalized spacial score (nSPS) is 20.1.